The van der Waals surface area contributed by atoms with E-state index in [0.29, 0.717) is 0 Å². The Labute approximate surface area is 447 Å². The van der Waals surface area contributed by atoms with Gasteiger partial charge in [-0.05, 0) is 72.8 Å². The molecule has 19 nitrogen and oxygen atoms in total. The van der Waals surface area contributed by atoms with E-state index in [1.165, 1.54) is 43.5 Å². The summed E-state index contributed by atoms with van der Waals surface area (Å²) in [5.41, 5.74) is -0.419. The van der Waals surface area contributed by atoms with Gasteiger partial charge in [0.2, 0.25) is 0 Å². The Hall–Kier alpha value is -8.14. The smallest absolute Gasteiger partial charge is 0.338 e. The van der Waals surface area contributed by atoms with E-state index in [-0.39, 0.29) is 40.0 Å². The van der Waals surface area contributed by atoms with Gasteiger partial charge in [-0.25, -0.2) is 28.8 Å². The second kappa shape index (κ2) is 24.5. The minimum absolute atomic E-state index is 0.154. The monoisotopic (exact) mass is 1060 g/mol. The van der Waals surface area contributed by atoms with Gasteiger partial charge in [0.15, 0.2) is 48.9 Å². The maximum absolute atomic E-state index is 14.0. The molecule has 4 aliphatic heterocycles. The number of rotatable bonds is 20. The first-order chi connectivity index (χ1) is 38.1. The van der Waals surface area contributed by atoms with Crippen LogP contribution < -0.4 is 0 Å². The highest BCUT2D eigenvalue weighted by molar-refractivity contribution is 5.92. The van der Waals surface area contributed by atoms with Crippen LogP contribution in [0.3, 0.4) is 0 Å². The van der Waals surface area contributed by atoms with Crippen molar-refractivity contribution in [1.29, 1.82) is 0 Å². The average Bonchev–Trinajstić information content (AvgIpc) is 4.25. The summed E-state index contributed by atoms with van der Waals surface area (Å²) in [6.07, 6.45) is -14.7. The van der Waals surface area contributed by atoms with Gasteiger partial charge in [-0.15, -0.1) is 0 Å². The van der Waals surface area contributed by atoms with E-state index in [0.717, 1.165) is 0 Å². The third-order valence-electron chi connectivity index (χ3n) is 13.4. The zero-order valence-electron chi connectivity index (χ0n) is 41.8. The van der Waals surface area contributed by atoms with Crippen LogP contribution in [0.25, 0.3) is 0 Å². The zero-order valence-corrected chi connectivity index (χ0v) is 41.8. The van der Waals surface area contributed by atoms with Gasteiger partial charge < -0.3 is 61.6 Å². The molecule has 0 unspecified atom stereocenters. The number of fused-ring (bicyclic) bond motifs is 1. The molecule has 0 amide bonds. The van der Waals surface area contributed by atoms with Crippen LogP contribution in [0.1, 0.15) is 62.1 Å². The molecule has 19 heteroatoms. The highest BCUT2D eigenvalue weighted by Gasteiger charge is 2.69. The van der Waals surface area contributed by atoms with Crippen molar-refractivity contribution in [3.05, 3.63) is 215 Å². The van der Waals surface area contributed by atoms with Crippen LogP contribution in [-0.4, -0.2) is 143 Å². The van der Waals surface area contributed by atoms with Crippen molar-refractivity contribution >= 4 is 35.8 Å². The number of hydrogen-bond acceptors (Lipinski definition) is 19. The first-order valence-corrected chi connectivity index (χ1v) is 25.0. The van der Waals surface area contributed by atoms with Crippen LogP contribution in [0.2, 0.25) is 0 Å². The molecule has 4 fully saturated rings. The fourth-order valence-electron chi connectivity index (χ4n) is 9.32. The summed E-state index contributed by atoms with van der Waals surface area (Å²) in [5, 5.41) is 0. The second-order valence-electron chi connectivity index (χ2n) is 18.3. The van der Waals surface area contributed by atoms with Gasteiger partial charge in [-0.1, -0.05) is 109 Å². The van der Waals surface area contributed by atoms with Crippen molar-refractivity contribution in [2.75, 3.05) is 33.5 Å². The van der Waals surface area contributed by atoms with E-state index in [2.05, 4.69) is 0 Å². The Morgan fingerprint density at radius 3 is 1.09 bits per heavy atom. The third kappa shape index (κ3) is 11.9. The molecule has 4 saturated heterocycles. The van der Waals surface area contributed by atoms with Crippen LogP contribution in [0.15, 0.2) is 182 Å². The Bertz CT molecular complexity index is 3010. The summed E-state index contributed by atoms with van der Waals surface area (Å²) >= 11 is 0. The van der Waals surface area contributed by atoms with Gasteiger partial charge in [-0.3, -0.25) is 0 Å². The van der Waals surface area contributed by atoms with Crippen LogP contribution in [0.4, 0.5) is 0 Å². The van der Waals surface area contributed by atoms with E-state index < -0.39 is 129 Å². The summed E-state index contributed by atoms with van der Waals surface area (Å²) < 4.78 is 80.4. The Kier molecular flexibility index (Phi) is 16.7. The number of benzene rings is 6. The fourth-order valence-corrected chi connectivity index (χ4v) is 9.32. The third-order valence-corrected chi connectivity index (χ3v) is 13.4. The van der Waals surface area contributed by atoms with Gasteiger partial charge in [0, 0.05) is 7.11 Å². The molecule has 0 saturated carbocycles. The van der Waals surface area contributed by atoms with Gasteiger partial charge in [0.25, 0.3) is 0 Å². The highest BCUT2D eigenvalue weighted by atomic mass is 16.8. The average molecular weight is 1070 g/mol. The van der Waals surface area contributed by atoms with Crippen molar-refractivity contribution in [2.45, 2.75) is 73.3 Å². The van der Waals surface area contributed by atoms with Gasteiger partial charge in [0.1, 0.15) is 37.6 Å². The van der Waals surface area contributed by atoms with Crippen LogP contribution >= 0.6 is 0 Å². The molecule has 402 valence electrons. The summed E-state index contributed by atoms with van der Waals surface area (Å²) in [5.74, 6) is -4.65. The van der Waals surface area contributed by atoms with Crippen LogP contribution in [0, 0.1) is 0 Å². The molecule has 4 heterocycles. The van der Waals surface area contributed by atoms with Gasteiger partial charge >= 0.3 is 35.8 Å². The summed E-state index contributed by atoms with van der Waals surface area (Å²) in [6.45, 7) is -1.57. The topological polar surface area (TPSA) is 222 Å². The molecule has 0 radical (unpaired) electrons. The summed E-state index contributed by atoms with van der Waals surface area (Å²) in [4.78, 5) is 82.2. The second-order valence-corrected chi connectivity index (χ2v) is 18.3. The number of carbonyl (C=O) groups is 6. The van der Waals surface area contributed by atoms with Crippen molar-refractivity contribution in [3.63, 3.8) is 0 Å². The molecular weight excluding hydrogens is 1010 g/mol. The quantitative estimate of drug-likeness (QED) is 0.0581. The Morgan fingerprint density at radius 2 is 0.744 bits per heavy atom. The largest absolute Gasteiger partial charge is 0.459 e. The molecule has 0 spiro atoms. The fraction of sp³-hybridized carbons (Fsp3) is 0.288. The van der Waals surface area contributed by atoms with Crippen molar-refractivity contribution in [1.82, 2.24) is 0 Å². The molecule has 0 aromatic heterocycles. The molecule has 6 aromatic carbocycles. The molecule has 0 aliphatic carbocycles. The SMILES string of the molecule is CO[C@H]1O[C@H](CO[C@H]2O[C@H](COC(=O)c3ccccc3)[C@@H](OC(=O)c3ccccc3)[C@@H]2OC(=O)c2ccccc2)[C@@]2(O[C@H]3O[C@H](COC(=O)c4ccccc4)[C@@H](OC(=O)c4ccccc4)[C@@H]3OC(=O)c3ccccc3)CO[C@H]12. The molecule has 12 atom stereocenters. The lowest BCUT2D eigenvalue weighted by atomic mass is 9.88. The van der Waals surface area contributed by atoms with Gasteiger partial charge in [0.05, 0.1) is 46.6 Å². The van der Waals surface area contributed by atoms with Crippen molar-refractivity contribution in [3.8, 4) is 0 Å². The van der Waals surface area contributed by atoms with E-state index >= 15 is 0 Å². The molecule has 4 aliphatic rings. The lowest BCUT2D eigenvalue weighted by Crippen LogP contribution is -2.67. The zero-order chi connectivity index (χ0) is 54.0. The number of methoxy groups -OCH3 is 1. The van der Waals surface area contributed by atoms with Crippen molar-refractivity contribution < 1.29 is 90.3 Å². The lowest BCUT2D eigenvalue weighted by Gasteiger charge is -2.47. The van der Waals surface area contributed by atoms with E-state index in [1.54, 1.807) is 146 Å². The highest BCUT2D eigenvalue weighted by Crippen LogP contribution is 2.47. The molecule has 0 N–H and O–H groups in total. The van der Waals surface area contributed by atoms with E-state index in [4.69, 9.17) is 61.6 Å². The Morgan fingerprint density at radius 1 is 0.410 bits per heavy atom. The standard InChI is InChI=1S/C59H52O19/c1-66-58-49-59(35-70-49,78-57-48(77-55(65)41-30-18-7-19-31-41)46(75-53(63)39-26-14-5-15-27-39)43(72-57)33-68-51(61)37-22-10-3-11-23-37)44(73-58)34-69-56-47(76-54(64)40-28-16-6-17-29-40)45(74-52(62)38-24-12-4-13-25-38)42(71-56)32-67-50(60)36-20-8-2-9-21-36/h2-31,42-49,56-58H,32-35H2,1H3/t42-,43-,44-,45-,46-,47+,48+,49-,56+,57-,58+,59+/m1/s1. The van der Waals surface area contributed by atoms with Crippen LogP contribution in [0.5, 0.6) is 0 Å². The molecule has 10 rings (SSSR count). The first-order valence-electron chi connectivity index (χ1n) is 25.0. The van der Waals surface area contributed by atoms with Crippen LogP contribution in [-0.2, 0) is 61.6 Å². The first kappa shape index (κ1) is 53.3. The number of carbonyl (C=O) groups excluding carboxylic acids is 6. The number of hydrogen-bond donors (Lipinski definition) is 0. The maximum atomic E-state index is 14.0. The lowest BCUT2D eigenvalue weighted by molar-refractivity contribution is -0.330. The Balaban J connectivity index is 0.952. The molecule has 6 aromatic rings. The summed E-state index contributed by atoms with van der Waals surface area (Å²) in [6, 6.07) is 48.8. The van der Waals surface area contributed by atoms with Gasteiger partial charge in [-0.2, -0.15) is 0 Å². The molecule has 78 heavy (non-hydrogen) atoms. The normalized spacial score (nSPS) is 26.8. The van der Waals surface area contributed by atoms with E-state index in [1.807, 2.05) is 0 Å². The number of ether oxygens (including phenoxy) is 13. The molecular formula is C59H52O19. The number of esters is 6. The minimum Gasteiger partial charge on any atom is -0.459 e. The molecule has 0 bridgehead atoms. The maximum Gasteiger partial charge on any atom is 0.338 e. The summed E-state index contributed by atoms with van der Waals surface area (Å²) in [7, 11) is 1.39. The van der Waals surface area contributed by atoms with Crippen molar-refractivity contribution in [2.24, 2.45) is 0 Å². The predicted molar refractivity (Wildman–Crippen MR) is 269 cm³/mol. The minimum atomic E-state index is -1.58. The van der Waals surface area contributed by atoms with E-state index in [9.17, 15) is 28.8 Å². The predicted octanol–water partition coefficient (Wildman–Crippen LogP) is 6.59.